The molecule has 0 bridgehead atoms. The minimum atomic E-state index is -0.962. The first-order chi connectivity index (χ1) is 9.84. The topological polar surface area (TPSA) is 66.3 Å². The summed E-state index contributed by atoms with van der Waals surface area (Å²) in [7, 11) is 0. The summed E-state index contributed by atoms with van der Waals surface area (Å²) in [6, 6.07) is 4.90. The lowest BCUT2D eigenvalue weighted by molar-refractivity contribution is 0.0697. The third-order valence-electron chi connectivity index (χ3n) is 3.24. The van der Waals surface area contributed by atoms with E-state index in [9.17, 15) is 4.79 Å². The lowest BCUT2D eigenvalue weighted by atomic mass is 10.0. The van der Waals surface area contributed by atoms with Gasteiger partial charge in [0.1, 0.15) is 12.1 Å². The van der Waals surface area contributed by atoms with Crippen LogP contribution < -0.4 is 4.90 Å². The number of carboxylic acid groups (broad SMARTS) is 1. The molecule has 0 aliphatic heterocycles. The summed E-state index contributed by atoms with van der Waals surface area (Å²) < 4.78 is 0. The van der Waals surface area contributed by atoms with Crippen LogP contribution in [0.1, 0.15) is 31.1 Å². The molecule has 0 saturated heterocycles. The molecule has 1 heterocycles. The van der Waals surface area contributed by atoms with Gasteiger partial charge in [-0.3, -0.25) is 0 Å². The fourth-order valence-corrected chi connectivity index (χ4v) is 2.20. The highest BCUT2D eigenvalue weighted by molar-refractivity contribution is 5.96. The molecule has 110 valence electrons. The van der Waals surface area contributed by atoms with Crippen molar-refractivity contribution in [2.45, 2.75) is 26.3 Å². The van der Waals surface area contributed by atoms with Gasteiger partial charge in [0.15, 0.2) is 0 Å². The molecule has 0 aliphatic rings. The Bertz CT molecular complexity index is 689. The van der Waals surface area contributed by atoms with Gasteiger partial charge < -0.3 is 10.0 Å². The predicted molar refractivity (Wildman–Crippen MR) is 83.8 cm³/mol. The summed E-state index contributed by atoms with van der Waals surface area (Å²) in [6.45, 7) is 10.7. The van der Waals surface area contributed by atoms with Crippen LogP contribution in [0.2, 0.25) is 0 Å². The summed E-state index contributed by atoms with van der Waals surface area (Å²) >= 11 is 0. The summed E-state index contributed by atoms with van der Waals surface area (Å²) in [6.07, 6.45) is 3.29. The third-order valence-corrected chi connectivity index (χ3v) is 3.24. The first-order valence-electron chi connectivity index (χ1n) is 6.71. The van der Waals surface area contributed by atoms with Crippen molar-refractivity contribution in [3.05, 3.63) is 42.7 Å². The van der Waals surface area contributed by atoms with Crippen molar-refractivity contribution in [2.24, 2.45) is 0 Å². The van der Waals surface area contributed by atoms with E-state index in [0.717, 1.165) is 11.2 Å². The lowest BCUT2D eigenvalue weighted by Crippen LogP contribution is -2.42. The Morgan fingerprint density at radius 2 is 2.10 bits per heavy atom. The van der Waals surface area contributed by atoms with Gasteiger partial charge in [0.25, 0.3) is 0 Å². The van der Waals surface area contributed by atoms with Crippen LogP contribution in [-0.4, -0.2) is 33.1 Å². The number of fused-ring (bicyclic) bond motifs is 1. The number of aromatic carboxylic acids is 1. The van der Waals surface area contributed by atoms with Gasteiger partial charge in [-0.2, -0.15) is 0 Å². The molecule has 0 spiro atoms. The fourth-order valence-electron chi connectivity index (χ4n) is 2.20. The molecule has 0 fully saturated rings. The fraction of sp³-hybridized carbons (Fsp3) is 0.312. The Labute approximate surface area is 123 Å². The van der Waals surface area contributed by atoms with Gasteiger partial charge in [-0.1, -0.05) is 6.08 Å². The molecule has 2 aromatic rings. The maximum absolute atomic E-state index is 11.1. The molecule has 1 aromatic carbocycles. The molecule has 1 N–H and O–H groups in total. The van der Waals surface area contributed by atoms with Crippen molar-refractivity contribution >= 4 is 22.7 Å². The summed E-state index contributed by atoms with van der Waals surface area (Å²) in [5, 5.41) is 9.90. The predicted octanol–water partition coefficient (Wildman–Crippen LogP) is 3.12. The third kappa shape index (κ3) is 3.02. The van der Waals surface area contributed by atoms with Crippen LogP contribution in [0.15, 0.2) is 37.2 Å². The Balaban J connectivity index is 2.63. The van der Waals surface area contributed by atoms with Crippen LogP contribution >= 0.6 is 0 Å². The quantitative estimate of drug-likeness (QED) is 0.874. The van der Waals surface area contributed by atoms with Gasteiger partial charge in [-0.05, 0) is 39.0 Å². The van der Waals surface area contributed by atoms with E-state index < -0.39 is 5.97 Å². The molecule has 5 heteroatoms. The van der Waals surface area contributed by atoms with Gasteiger partial charge in [0.2, 0.25) is 0 Å². The molecule has 21 heavy (non-hydrogen) atoms. The molecular weight excluding hydrogens is 266 g/mol. The van der Waals surface area contributed by atoms with Crippen molar-refractivity contribution in [1.29, 1.82) is 0 Å². The zero-order valence-corrected chi connectivity index (χ0v) is 12.5. The van der Waals surface area contributed by atoms with Gasteiger partial charge in [-0.15, -0.1) is 6.58 Å². The van der Waals surface area contributed by atoms with E-state index in [4.69, 9.17) is 5.11 Å². The number of benzene rings is 1. The number of carbonyl (C=O) groups is 1. The highest BCUT2D eigenvalue weighted by Gasteiger charge is 2.23. The average Bonchev–Trinajstić information content (AvgIpc) is 2.42. The number of anilines is 1. The maximum atomic E-state index is 11.1. The molecule has 1 aromatic heterocycles. The van der Waals surface area contributed by atoms with Gasteiger partial charge in [-0.25, -0.2) is 14.8 Å². The van der Waals surface area contributed by atoms with Crippen LogP contribution in [-0.2, 0) is 0 Å². The van der Waals surface area contributed by atoms with Crippen LogP contribution in [0.4, 0.5) is 5.82 Å². The van der Waals surface area contributed by atoms with Gasteiger partial charge >= 0.3 is 5.97 Å². The average molecular weight is 285 g/mol. The second kappa shape index (κ2) is 5.52. The number of hydrogen-bond acceptors (Lipinski definition) is 4. The number of nitrogens with zero attached hydrogens (tertiary/aromatic N) is 3. The molecule has 2 rings (SSSR count). The van der Waals surface area contributed by atoms with E-state index in [0.29, 0.717) is 12.1 Å². The van der Waals surface area contributed by atoms with Crippen LogP contribution in [0.3, 0.4) is 0 Å². The van der Waals surface area contributed by atoms with E-state index in [2.05, 4.69) is 42.2 Å². The summed E-state index contributed by atoms with van der Waals surface area (Å²) in [5.74, 6) is -0.180. The lowest BCUT2D eigenvalue weighted by Gasteiger charge is -2.36. The van der Waals surface area contributed by atoms with E-state index in [1.54, 1.807) is 18.2 Å². The second-order valence-electron chi connectivity index (χ2n) is 5.80. The van der Waals surface area contributed by atoms with E-state index in [1.165, 1.54) is 6.33 Å². The molecule has 0 atom stereocenters. The zero-order chi connectivity index (χ0) is 15.6. The van der Waals surface area contributed by atoms with Crippen molar-refractivity contribution in [3.8, 4) is 0 Å². The Morgan fingerprint density at radius 1 is 1.38 bits per heavy atom. The monoisotopic (exact) mass is 285 g/mol. The normalized spacial score (nSPS) is 11.4. The van der Waals surface area contributed by atoms with Gasteiger partial charge in [0, 0.05) is 17.5 Å². The standard InChI is InChI=1S/C16H19N3O2/c1-5-8-19(16(2,3)4)14-12-7-6-11(15(20)21)9-13(12)17-10-18-14/h5-7,9-10H,1,8H2,2-4H3,(H,20,21). The first-order valence-corrected chi connectivity index (χ1v) is 6.71. The van der Waals surface area contributed by atoms with Crippen LogP contribution in [0.5, 0.6) is 0 Å². The molecule has 5 nitrogen and oxygen atoms in total. The second-order valence-corrected chi connectivity index (χ2v) is 5.80. The van der Waals surface area contributed by atoms with E-state index in [1.807, 2.05) is 6.08 Å². The first kappa shape index (κ1) is 15.0. The number of hydrogen-bond donors (Lipinski definition) is 1. The SMILES string of the molecule is C=CCN(c1ncnc2cc(C(=O)O)ccc12)C(C)(C)C. The molecule has 0 unspecified atom stereocenters. The van der Waals surface area contributed by atoms with E-state index in [-0.39, 0.29) is 11.1 Å². The Morgan fingerprint density at radius 3 is 2.67 bits per heavy atom. The van der Waals surface area contributed by atoms with Crippen molar-refractivity contribution < 1.29 is 9.90 Å². The van der Waals surface area contributed by atoms with Crippen molar-refractivity contribution in [3.63, 3.8) is 0 Å². The van der Waals surface area contributed by atoms with Crippen LogP contribution in [0, 0.1) is 0 Å². The summed E-state index contributed by atoms with van der Waals surface area (Å²) in [4.78, 5) is 21.7. The van der Waals surface area contributed by atoms with Crippen molar-refractivity contribution in [1.82, 2.24) is 9.97 Å². The minimum Gasteiger partial charge on any atom is -0.478 e. The molecule has 0 aliphatic carbocycles. The maximum Gasteiger partial charge on any atom is 0.335 e. The summed E-state index contributed by atoms with van der Waals surface area (Å²) in [5.41, 5.74) is 0.706. The highest BCUT2D eigenvalue weighted by Crippen LogP contribution is 2.28. The number of rotatable bonds is 4. The molecular formula is C16H19N3O2. The Hall–Kier alpha value is -2.43. The molecule has 0 amide bonds. The smallest absolute Gasteiger partial charge is 0.335 e. The number of aromatic nitrogens is 2. The van der Waals surface area contributed by atoms with Crippen molar-refractivity contribution in [2.75, 3.05) is 11.4 Å². The van der Waals surface area contributed by atoms with E-state index >= 15 is 0 Å². The molecule has 0 saturated carbocycles. The largest absolute Gasteiger partial charge is 0.478 e. The molecule has 0 radical (unpaired) electrons. The van der Waals surface area contributed by atoms with Crippen LogP contribution in [0.25, 0.3) is 10.9 Å². The minimum absolute atomic E-state index is 0.138. The Kier molecular flexibility index (Phi) is 3.93. The zero-order valence-electron chi connectivity index (χ0n) is 12.5. The number of carboxylic acids is 1. The highest BCUT2D eigenvalue weighted by atomic mass is 16.4. The van der Waals surface area contributed by atoms with Gasteiger partial charge in [0.05, 0.1) is 11.1 Å².